The molecule has 0 saturated heterocycles. The topological polar surface area (TPSA) is 59.0 Å². The van der Waals surface area contributed by atoms with E-state index in [1.807, 2.05) is 67.0 Å². The molecular weight excluding hydrogens is 476 g/mol. The van der Waals surface area contributed by atoms with Crippen molar-refractivity contribution >= 4 is 49.9 Å². The number of carbonyl (C=O) groups is 1. The number of nitrogens with zero attached hydrogens (tertiary/aromatic N) is 2. The number of pyridine rings is 1. The van der Waals surface area contributed by atoms with Gasteiger partial charge in [0.15, 0.2) is 0 Å². The van der Waals surface area contributed by atoms with Crippen LogP contribution in [0, 0.1) is 0 Å². The summed E-state index contributed by atoms with van der Waals surface area (Å²) in [6.45, 7) is 0. The fourth-order valence-corrected chi connectivity index (χ4v) is 6.03. The Morgan fingerprint density at radius 1 is 0.914 bits per heavy atom. The summed E-state index contributed by atoms with van der Waals surface area (Å²) in [5.74, 6) is 0. The van der Waals surface area contributed by atoms with Crippen molar-refractivity contribution in [2.45, 2.75) is 25.7 Å². The first-order chi connectivity index (χ1) is 17.2. The highest BCUT2D eigenvalue weighted by molar-refractivity contribution is 7.23. The average Bonchev–Trinajstić information content (AvgIpc) is 3.51. The highest BCUT2D eigenvalue weighted by Crippen LogP contribution is 2.46. The second kappa shape index (κ2) is 9.21. The van der Waals surface area contributed by atoms with Gasteiger partial charge in [0.2, 0.25) is 0 Å². The first-order valence-electron chi connectivity index (χ1n) is 11.7. The van der Waals surface area contributed by atoms with Crippen LogP contribution >= 0.6 is 22.9 Å². The molecule has 2 aromatic carbocycles. The molecule has 0 unspecified atom stereocenters. The summed E-state index contributed by atoms with van der Waals surface area (Å²) in [6.07, 6.45) is 8.27. The quantitative estimate of drug-likeness (QED) is 0.264. The third kappa shape index (κ3) is 4.20. The number of carbonyl (C=O) groups excluding carboxylic acids is 1. The van der Waals surface area contributed by atoms with Gasteiger partial charge in [-0.1, -0.05) is 53.3 Å². The van der Waals surface area contributed by atoms with E-state index in [1.54, 1.807) is 0 Å². The number of nitrogens with one attached hydrogen (secondary N) is 2. The van der Waals surface area contributed by atoms with E-state index < -0.39 is 0 Å². The van der Waals surface area contributed by atoms with Crippen molar-refractivity contribution < 1.29 is 4.79 Å². The monoisotopic (exact) mass is 498 g/mol. The molecule has 6 rings (SSSR count). The average molecular weight is 499 g/mol. The summed E-state index contributed by atoms with van der Waals surface area (Å²) in [5, 5.41) is 8.56. The minimum atomic E-state index is -0.283. The van der Waals surface area contributed by atoms with Crippen LogP contribution in [0.4, 0.5) is 15.5 Å². The predicted molar refractivity (Wildman–Crippen MR) is 145 cm³/mol. The number of hydrogen-bond acceptors (Lipinski definition) is 3. The Labute approximate surface area is 212 Å². The number of hydrogen-bond donors (Lipinski definition) is 2. The molecule has 0 saturated carbocycles. The summed E-state index contributed by atoms with van der Waals surface area (Å²) in [5.41, 5.74) is 6.45. The number of amides is 2. The zero-order chi connectivity index (χ0) is 23.8. The lowest BCUT2D eigenvalue weighted by Gasteiger charge is -2.21. The summed E-state index contributed by atoms with van der Waals surface area (Å²) in [7, 11) is 0. The maximum absolute atomic E-state index is 13.0. The van der Waals surface area contributed by atoms with Crippen LogP contribution in [0.15, 0.2) is 79.1 Å². The highest BCUT2D eigenvalue weighted by Gasteiger charge is 2.26. The number of aryl methyl sites for hydroxylation is 1. The molecule has 2 N–H and O–H groups in total. The van der Waals surface area contributed by atoms with Crippen molar-refractivity contribution in [3.8, 4) is 16.8 Å². The van der Waals surface area contributed by atoms with Crippen molar-refractivity contribution in [1.82, 2.24) is 9.55 Å². The highest BCUT2D eigenvalue weighted by atomic mass is 35.5. The molecule has 0 aliphatic heterocycles. The van der Waals surface area contributed by atoms with Crippen molar-refractivity contribution in [2.24, 2.45) is 0 Å². The molecule has 35 heavy (non-hydrogen) atoms. The lowest BCUT2D eigenvalue weighted by Crippen LogP contribution is -2.19. The number of urea groups is 1. The van der Waals surface area contributed by atoms with E-state index in [2.05, 4.69) is 27.3 Å². The van der Waals surface area contributed by atoms with Crippen LogP contribution in [0.2, 0.25) is 5.02 Å². The molecular formula is C28H23ClN4OS. The van der Waals surface area contributed by atoms with E-state index in [0.717, 1.165) is 63.5 Å². The molecule has 1 aliphatic rings. The van der Waals surface area contributed by atoms with Gasteiger partial charge in [-0.3, -0.25) is 5.32 Å². The van der Waals surface area contributed by atoms with Gasteiger partial charge in [-0.05, 0) is 78.8 Å². The van der Waals surface area contributed by atoms with Gasteiger partial charge in [0, 0.05) is 34.2 Å². The van der Waals surface area contributed by atoms with Crippen LogP contribution in [0.1, 0.15) is 24.1 Å². The number of rotatable bonds is 4. The second-order valence-corrected chi connectivity index (χ2v) is 10.1. The summed E-state index contributed by atoms with van der Waals surface area (Å²) >= 11 is 7.75. The Kier molecular flexibility index (Phi) is 5.76. The molecule has 3 heterocycles. The maximum atomic E-state index is 13.0. The van der Waals surface area contributed by atoms with Crippen LogP contribution in [-0.2, 0) is 12.8 Å². The molecule has 0 radical (unpaired) electrons. The zero-order valence-corrected chi connectivity index (χ0v) is 20.5. The first kappa shape index (κ1) is 21.9. The fraction of sp³-hybridized carbons (Fsp3) is 0.143. The summed E-state index contributed by atoms with van der Waals surface area (Å²) < 4.78 is 2.06. The normalized spacial score (nSPS) is 12.9. The molecule has 0 bridgehead atoms. The van der Waals surface area contributed by atoms with Crippen LogP contribution in [0.25, 0.3) is 27.0 Å². The SMILES string of the molecule is O=C(Nc1ccccc1)Nc1sc2nc3c(c(-c4ccc(Cl)cc4)c2c1-n1cccc1)CCCC3. The fourth-order valence-electron chi connectivity index (χ4n) is 4.81. The molecule has 174 valence electrons. The minimum absolute atomic E-state index is 0.283. The van der Waals surface area contributed by atoms with Gasteiger partial charge < -0.3 is 9.88 Å². The number of anilines is 2. The molecule has 7 heteroatoms. The van der Waals surface area contributed by atoms with Crippen molar-refractivity contribution in [1.29, 1.82) is 0 Å². The van der Waals surface area contributed by atoms with Gasteiger partial charge in [0.25, 0.3) is 0 Å². The van der Waals surface area contributed by atoms with Crippen molar-refractivity contribution in [3.63, 3.8) is 0 Å². The van der Waals surface area contributed by atoms with Crippen LogP contribution in [0.5, 0.6) is 0 Å². The molecule has 0 fully saturated rings. The first-order valence-corrected chi connectivity index (χ1v) is 12.9. The molecule has 3 aromatic heterocycles. The largest absolute Gasteiger partial charge is 0.324 e. The Morgan fingerprint density at radius 2 is 1.66 bits per heavy atom. The smallest absolute Gasteiger partial charge is 0.321 e. The van der Waals surface area contributed by atoms with E-state index in [4.69, 9.17) is 16.6 Å². The molecule has 5 nitrogen and oxygen atoms in total. The van der Waals surface area contributed by atoms with Gasteiger partial charge in [0.05, 0.1) is 5.69 Å². The molecule has 0 atom stereocenters. The minimum Gasteiger partial charge on any atom is -0.321 e. The molecule has 1 aliphatic carbocycles. The number of fused-ring (bicyclic) bond motifs is 2. The third-order valence-electron chi connectivity index (χ3n) is 6.35. The molecule has 2 amide bonds. The lowest BCUT2D eigenvalue weighted by molar-refractivity contribution is 0.262. The number of aromatic nitrogens is 2. The van der Waals surface area contributed by atoms with Gasteiger partial charge in [-0.2, -0.15) is 0 Å². The van der Waals surface area contributed by atoms with Gasteiger partial charge in [-0.25, -0.2) is 9.78 Å². The zero-order valence-electron chi connectivity index (χ0n) is 18.9. The van der Waals surface area contributed by atoms with Gasteiger partial charge >= 0.3 is 6.03 Å². The van der Waals surface area contributed by atoms with Gasteiger partial charge in [0.1, 0.15) is 9.83 Å². The molecule has 0 spiro atoms. The lowest BCUT2D eigenvalue weighted by atomic mass is 9.87. The van der Waals surface area contributed by atoms with E-state index in [1.165, 1.54) is 22.5 Å². The standard InChI is InChI=1S/C28H23ClN4OS/c29-19-14-12-18(13-15-19)23-21-10-4-5-11-22(21)31-26-24(23)25(33-16-6-7-17-33)27(35-26)32-28(34)30-20-8-2-1-3-9-20/h1-3,6-9,12-17H,4-5,10-11H2,(H2,30,32,34). The van der Waals surface area contributed by atoms with Crippen LogP contribution in [0.3, 0.4) is 0 Å². The number of benzene rings is 2. The molecule has 5 aromatic rings. The van der Waals surface area contributed by atoms with Crippen LogP contribution < -0.4 is 10.6 Å². The second-order valence-electron chi connectivity index (χ2n) is 8.62. The predicted octanol–water partition coefficient (Wildman–Crippen LogP) is 7.93. The van der Waals surface area contributed by atoms with E-state index >= 15 is 0 Å². The number of para-hydroxylation sites is 1. The Balaban J connectivity index is 1.55. The van der Waals surface area contributed by atoms with Crippen molar-refractivity contribution in [2.75, 3.05) is 10.6 Å². The third-order valence-corrected chi connectivity index (χ3v) is 7.59. The Bertz CT molecular complexity index is 1510. The van der Waals surface area contributed by atoms with E-state index in [0.29, 0.717) is 5.02 Å². The van der Waals surface area contributed by atoms with E-state index in [9.17, 15) is 4.79 Å². The summed E-state index contributed by atoms with van der Waals surface area (Å²) in [4.78, 5) is 19.0. The van der Waals surface area contributed by atoms with Gasteiger partial charge in [-0.15, -0.1) is 0 Å². The van der Waals surface area contributed by atoms with Crippen LogP contribution in [-0.4, -0.2) is 15.6 Å². The summed E-state index contributed by atoms with van der Waals surface area (Å²) in [6, 6.07) is 21.2. The number of thiophene rings is 1. The number of halogens is 1. The van der Waals surface area contributed by atoms with Crippen molar-refractivity contribution in [3.05, 3.63) is 95.4 Å². The maximum Gasteiger partial charge on any atom is 0.324 e. The van der Waals surface area contributed by atoms with E-state index in [-0.39, 0.29) is 6.03 Å². The Hall–Kier alpha value is -3.61. The Morgan fingerprint density at radius 3 is 2.43 bits per heavy atom.